The van der Waals surface area contributed by atoms with Crippen LogP contribution in [0.2, 0.25) is 0 Å². The van der Waals surface area contributed by atoms with Gasteiger partial charge in [0.05, 0.1) is 11.3 Å². The fourth-order valence-electron chi connectivity index (χ4n) is 4.17. The molecule has 0 aliphatic rings. The van der Waals surface area contributed by atoms with Gasteiger partial charge in [-0.2, -0.15) is 13.2 Å². The van der Waals surface area contributed by atoms with E-state index in [1.165, 1.54) is 26.0 Å². The second-order valence-corrected chi connectivity index (χ2v) is 9.94. The van der Waals surface area contributed by atoms with Gasteiger partial charge in [-0.05, 0) is 62.9 Å². The van der Waals surface area contributed by atoms with Crippen LogP contribution in [0.5, 0.6) is 5.75 Å². The van der Waals surface area contributed by atoms with E-state index >= 15 is 0 Å². The van der Waals surface area contributed by atoms with Gasteiger partial charge in [0, 0.05) is 23.9 Å². The predicted octanol–water partition coefficient (Wildman–Crippen LogP) is 7.06. The third-order valence-corrected chi connectivity index (χ3v) is 6.42. The van der Waals surface area contributed by atoms with Crippen molar-refractivity contribution in [3.8, 4) is 17.0 Å². The smallest absolute Gasteiger partial charge is 0.416 e. The number of aromatic nitrogens is 2. The average molecular weight is 551 g/mol. The number of ether oxygens (including phenoxy) is 1. The number of carboxylic acid groups (broad SMARTS) is 1. The molecule has 0 fully saturated rings. The minimum atomic E-state index is -4.49. The molecule has 0 bridgehead atoms. The lowest BCUT2D eigenvalue weighted by atomic mass is 10.1. The molecule has 3 aromatic carbocycles. The summed E-state index contributed by atoms with van der Waals surface area (Å²) in [6.45, 7) is 3.45. The number of halogens is 3. The number of carboxylic acids is 1. The predicted molar refractivity (Wildman–Crippen MR) is 144 cm³/mol. The van der Waals surface area contributed by atoms with E-state index in [-0.39, 0.29) is 11.4 Å². The van der Waals surface area contributed by atoms with E-state index < -0.39 is 29.1 Å². The molecule has 9 heteroatoms. The molecule has 0 aliphatic heterocycles. The fourth-order valence-corrected chi connectivity index (χ4v) is 4.17. The van der Waals surface area contributed by atoms with Crippen LogP contribution in [0.1, 0.15) is 54.0 Å². The van der Waals surface area contributed by atoms with Crippen molar-refractivity contribution in [2.75, 3.05) is 0 Å². The summed E-state index contributed by atoms with van der Waals surface area (Å²) in [4.78, 5) is 29.2. The monoisotopic (exact) mass is 550 g/mol. The molecule has 0 unspecified atom stereocenters. The standard InChI is InChI=1S/C31H29F3N2O4/c1-30(2,29(38)39)40-25-13-8-10-21(19-25)9-6-7-18-36-20-26(22-11-4-3-5-12-22)35-28(36)27(37)23-14-16-24(17-15-23)31(32,33)34/h3-5,8,10-17,19-20H,6-7,9,18H2,1-2H3,(H,38,39). The second kappa shape index (κ2) is 11.8. The van der Waals surface area contributed by atoms with Gasteiger partial charge in [0.25, 0.3) is 0 Å². The van der Waals surface area contributed by atoms with Crippen molar-refractivity contribution in [3.05, 3.63) is 108 Å². The summed E-state index contributed by atoms with van der Waals surface area (Å²) in [5, 5.41) is 9.30. The van der Waals surface area contributed by atoms with Crippen molar-refractivity contribution in [2.24, 2.45) is 0 Å². The summed E-state index contributed by atoms with van der Waals surface area (Å²) >= 11 is 0. The van der Waals surface area contributed by atoms with Crippen molar-refractivity contribution in [2.45, 2.75) is 51.4 Å². The first-order valence-corrected chi connectivity index (χ1v) is 12.8. The number of nitrogens with zero attached hydrogens (tertiary/aromatic N) is 2. The van der Waals surface area contributed by atoms with Gasteiger partial charge in [-0.15, -0.1) is 0 Å². The average Bonchev–Trinajstić information content (AvgIpc) is 3.35. The molecule has 0 aliphatic carbocycles. The quantitative estimate of drug-likeness (QED) is 0.160. The lowest BCUT2D eigenvalue weighted by Crippen LogP contribution is -2.37. The van der Waals surface area contributed by atoms with Gasteiger partial charge < -0.3 is 14.4 Å². The third-order valence-electron chi connectivity index (χ3n) is 6.42. The van der Waals surface area contributed by atoms with Crippen molar-refractivity contribution in [3.63, 3.8) is 0 Å². The Kier molecular flexibility index (Phi) is 8.42. The first kappa shape index (κ1) is 28.6. The number of aliphatic carboxylic acids is 1. The number of imidazole rings is 1. The van der Waals surface area contributed by atoms with E-state index in [1.807, 2.05) is 48.5 Å². The van der Waals surface area contributed by atoms with Crippen LogP contribution in [0.3, 0.4) is 0 Å². The Morgan fingerprint density at radius 3 is 2.27 bits per heavy atom. The zero-order chi connectivity index (χ0) is 28.9. The largest absolute Gasteiger partial charge is 0.478 e. The van der Waals surface area contributed by atoms with Gasteiger partial charge in [-0.25, -0.2) is 9.78 Å². The highest BCUT2D eigenvalue weighted by Crippen LogP contribution is 2.30. The molecular weight excluding hydrogens is 521 g/mol. The lowest BCUT2D eigenvalue weighted by molar-refractivity contribution is -0.152. The topological polar surface area (TPSA) is 81.4 Å². The number of hydrogen-bond acceptors (Lipinski definition) is 4. The Labute approximate surface area is 230 Å². The minimum Gasteiger partial charge on any atom is -0.478 e. The summed E-state index contributed by atoms with van der Waals surface area (Å²) in [6.07, 6.45) is -0.539. The van der Waals surface area contributed by atoms with Crippen molar-refractivity contribution in [1.29, 1.82) is 0 Å². The zero-order valence-corrected chi connectivity index (χ0v) is 22.1. The Bertz CT molecular complexity index is 1480. The van der Waals surface area contributed by atoms with Crippen LogP contribution in [0.4, 0.5) is 13.2 Å². The van der Waals surface area contributed by atoms with E-state index in [1.54, 1.807) is 16.8 Å². The molecule has 6 nitrogen and oxygen atoms in total. The summed E-state index contributed by atoms with van der Waals surface area (Å²) in [6, 6.07) is 20.8. The Morgan fingerprint density at radius 1 is 0.925 bits per heavy atom. The molecule has 0 saturated heterocycles. The van der Waals surface area contributed by atoms with Crippen LogP contribution in [-0.4, -0.2) is 32.0 Å². The van der Waals surface area contributed by atoms with E-state index in [0.717, 1.165) is 29.7 Å². The number of ketones is 1. The maximum Gasteiger partial charge on any atom is 0.416 e. The van der Waals surface area contributed by atoms with Crippen molar-refractivity contribution >= 4 is 11.8 Å². The molecule has 4 rings (SSSR count). The number of unbranched alkanes of at least 4 members (excludes halogenated alkanes) is 1. The summed E-state index contributed by atoms with van der Waals surface area (Å²) in [5.41, 5.74) is 0.354. The highest BCUT2D eigenvalue weighted by molar-refractivity contribution is 6.07. The van der Waals surface area contributed by atoms with Crippen LogP contribution >= 0.6 is 0 Å². The number of rotatable bonds is 11. The van der Waals surface area contributed by atoms with Gasteiger partial charge in [-0.3, -0.25) is 4.79 Å². The first-order valence-electron chi connectivity index (χ1n) is 12.8. The number of benzene rings is 3. The molecule has 0 atom stereocenters. The molecule has 1 aromatic heterocycles. The maximum absolute atomic E-state index is 13.3. The Hall–Kier alpha value is -4.40. The van der Waals surface area contributed by atoms with E-state index in [0.29, 0.717) is 30.8 Å². The van der Waals surface area contributed by atoms with Gasteiger partial charge in [0.15, 0.2) is 11.4 Å². The molecule has 40 heavy (non-hydrogen) atoms. The molecule has 0 spiro atoms. The molecule has 0 radical (unpaired) electrons. The van der Waals surface area contributed by atoms with Gasteiger partial charge >= 0.3 is 12.1 Å². The normalized spacial score (nSPS) is 11.8. The molecule has 4 aromatic rings. The third kappa shape index (κ3) is 6.97. The highest BCUT2D eigenvalue weighted by atomic mass is 19.4. The van der Waals surface area contributed by atoms with E-state index in [2.05, 4.69) is 4.98 Å². The SMILES string of the molecule is CC(C)(Oc1cccc(CCCCn2cc(-c3ccccc3)nc2C(=O)c2ccc(C(F)(F)F)cc2)c1)C(=O)O. The van der Waals surface area contributed by atoms with Gasteiger partial charge in [0.2, 0.25) is 5.78 Å². The molecular formula is C31H29F3N2O4. The fraction of sp³-hybridized carbons (Fsp3) is 0.258. The Morgan fingerprint density at radius 2 is 1.62 bits per heavy atom. The van der Waals surface area contributed by atoms with Gasteiger partial charge in [-0.1, -0.05) is 54.6 Å². The number of alkyl halides is 3. The van der Waals surface area contributed by atoms with Crippen LogP contribution in [-0.2, 0) is 23.9 Å². The molecule has 208 valence electrons. The van der Waals surface area contributed by atoms with Crippen molar-refractivity contribution < 1.29 is 32.6 Å². The molecule has 0 amide bonds. The number of carbonyl (C=O) groups excluding carboxylic acids is 1. The highest BCUT2D eigenvalue weighted by Gasteiger charge is 2.31. The van der Waals surface area contributed by atoms with Gasteiger partial charge in [0.1, 0.15) is 5.75 Å². The Balaban J connectivity index is 1.48. The maximum atomic E-state index is 13.3. The second-order valence-electron chi connectivity index (χ2n) is 9.94. The number of carbonyl (C=O) groups is 2. The van der Waals surface area contributed by atoms with Crippen LogP contribution in [0.25, 0.3) is 11.3 Å². The summed E-state index contributed by atoms with van der Waals surface area (Å²) in [7, 11) is 0. The minimum absolute atomic E-state index is 0.126. The molecule has 1 heterocycles. The van der Waals surface area contributed by atoms with Crippen LogP contribution in [0.15, 0.2) is 85.1 Å². The first-order chi connectivity index (χ1) is 18.9. The lowest BCUT2D eigenvalue weighted by Gasteiger charge is -2.21. The van der Waals surface area contributed by atoms with Crippen LogP contribution in [0, 0.1) is 0 Å². The number of hydrogen-bond donors (Lipinski definition) is 1. The summed E-state index contributed by atoms with van der Waals surface area (Å²) < 4.78 is 46.3. The number of aryl methyl sites for hydroxylation is 2. The van der Waals surface area contributed by atoms with E-state index in [9.17, 15) is 27.9 Å². The van der Waals surface area contributed by atoms with Crippen molar-refractivity contribution in [1.82, 2.24) is 9.55 Å². The summed E-state index contributed by atoms with van der Waals surface area (Å²) in [5.74, 6) is -0.891. The zero-order valence-electron chi connectivity index (χ0n) is 22.1. The van der Waals surface area contributed by atoms with Crippen LogP contribution < -0.4 is 4.74 Å². The van der Waals surface area contributed by atoms with E-state index in [4.69, 9.17) is 4.74 Å². The molecule has 1 N–H and O–H groups in total. The molecule has 0 saturated carbocycles.